The summed E-state index contributed by atoms with van der Waals surface area (Å²) >= 11 is 0. The van der Waals surface area contributed by atoms with Gasteiger partial charge in [0.25, 0.3) is 0 Å². The van der Waals surface area contributed by atoms with Crippen molar-refractivity contribution in [3.8, 4) is 0 Å². The van der Waals surface area contributed by atoms with E-state index in [0.29, 0.717) is 12.8 Å². The van der Waals surface area contributed by atoms with E-state index in [4.69, 9.17) is 9.47 Å². The molecular weight excluding hydrogens is 236 g/mol. The topological polar surface area (TPSA) is 69.7 Å². The normalized spacial score (nSPS) is 19.7. The molecule has 0 aromatic rings. The molecule has 0 amide bonds. The van der Waals surface area contributed by atoms with Gasteiger partial charge in [0.2, 0.25) is 0 Å². The Morgan fingerprint density at radius 3 is 2.22 bits per heavy atom. The predicted molar refractivity (Wildman–Crippen MR) is 63.7 cm³/mol. The van der Waals surface area contributed by atoms with Gasteiger partial charge in [-0.3, -0.25) is 14.4 Å². The second-order valence-corrected chi connectivity index (χ2v) is 4.38. The minimum absolute atomic E-state index is 0.102. The average molecular weight is 256 g/mol. The van der Waals surface area contributed by atoms with Crippen LogP contribution in [-0.2, 0) is 23.9 Å². The first-order chi connectivity index (χ1) is 8.60. The highest BCUT2D eigenvalue weighted by molar-refractivity contribution is 5.96. The van der Waals surface area contributed by atoms with E-state index < -0.39 is 17.9 Å². The number of carbonyl (C=O) groups excluding carboxylic acids is 3. The van der Waals surface area contributed by atoms with Crippen LogP contribution >= 0.6 is 0 Å². The highest BCUT2D eigenvalue weighted by atomic mass is 16.6. The zero-order chi connectivity index (χ0) is 13.5. The van der Waals surface area contributed by atoms with E-state index in [9.17, 15) is 14.4 Å². The first-order valence-corrected chi connectivity index (χ1v) is 6.45. The third kappa shape index (κ3) is 3.82. The summed E-state index contributed by atoms with van der Waals surface area (Å²) in [6.07, 6.45) is 2.21. The Morgan fingerprint density at radius 2 is 1.78 bits per heavy atom. The lowest BCUT2D eigenvalue weighted by Crippen LogP contribution is -2.37. The van der Waals surface area contributed by atoms with Gasteiger partial charge in [0.15, 0.2) is 5.92 Å². The largest absolute Gasteiger partial charge is 0.465 e. The van der Waals surface area contributed by atoms with Crippen LogP contribution in [0.2, 0.25) is 0 Å². The molecule has 1 aliphatic carbocycles. The fraction of sp³-hybridized carbons (Fsp3) is 0.769. The molecule has 1 fully saturated rings. The lowest BCUT2D eigenvalue weighted by Gasteiger charge is -2.26. The monoisotopic (exact) mass is 256 g/mol. The van der Waals surface area contributed by atoms with Gasteiger partial charge < -0.3 is 9.47 Å². The second kappa shape index (κ2) is 7.13. The average Bonchev–Trinajstić information content (AvgIpc) is 2.30. The van der Waals surface area contributed by atoms with Gasteiger partial charge in [0, 0.05) is 12.8 Å². The third-order valence-corrected chi connectivity index (χ3v) is 3.07. The molecule has 1 atom stereocenters. The van der Waals surface area contributed by atoms with Crippen molar-refractivity contribution in [3.05, 3.63) is 0 Å². The zero-order valence-electron chi connectivity index (χ0n) is 10.9. The molecule has 0 bridgehead atoms. The zero-order valence-corrected chi connectivity index (χ0v) is 10.9. The molecule has 102 valence electrons. The summed E-state index contributed by atoms with van der Waals surface area (Å²) in [6.45, 7) is 3.81. The minimum atomic E-state index is -0.950. The maximum Gasteiger partial charge on any atom is 0.320 e. The van der Waals surface area contributed by atoms with E-state index in [-0.39, 0.29) is 31.3 Å². The molecule has 5 nitrogen and oxygen atoms in total. The number of rotatable bonds is 5. The highest BCUT2D eigenvalue weighted by Crippen LogP contribution is 2.30. The quantitative estimate of drug-likeness (QED) is 0.550. The van der Waals surface area contributed by atoms with Crippen LogP contribution in [0.5, 0.6) is 0 Å². The first kappa shape index (κ1) is 14.7. The molecule has 0 saturated heterocycles. The molecule has 0 aliphatic heterocycles. The van der Waals surface area contributed by atoms with Crippen molar-refractivity contribution in [2.45, 2.75) is 39.5 Å². The molecule has 0 spiro atoms. The van der Waals surface area contributed by atoms with Crippen molar-refractivity contribution in [3.63, 3.8) is 0 Å². The van der Waals surface area contributed by atoms with Crippen molar-refractivity contribution in [1.29, 1.82) is 0 Å². The van der Waals surface area contributed by atoms with Crippen LogP contribution < -0.4 is 0 Å². The number of ketones is 1. The standard InChI is InChI=1S/C13H20O5/c1-3-17-12(15)11(13(16)18-4-2)9-6-5-7-10(14)8-9/h9,11H,3-8H2,1-2H3/t9-/m0/s1. The number of hydrogen-bond acceptors (Lipinski definition) is 5. The molecule has 0 aromatic carbocycles. The number of esters is 2. The molecular formula is C13H20O5. The molecule has 1 saturated carbocycles. The Hall–Kier alpha value is -1.39. The van der Waals surface area contributed by atoms with Crippen LogP contribution in [0.1, 0.15) is 39.5 Å². The van der Waals surface area contributed by atoms with Gasteiger partial charge in [0.1, 0.15) is 5.78 Å². The van der Waals surface area contributed by atoms with Crippen molar-refractivity contribution >= 4 is 17.7 Å². The predicted octanol–water partition coefficient (Wildman–Crippen LogP) is 1.49. The van der Waals surface area contributed by atoms with Gasteiger partial charge in [-0.2, -0.15) is 0 Å². The van der Waals surface area contributed by atoms with Gasteiger partial charge in [-0.1, -0.05) is 0 Å². The van der Waals surface area contributed by atoms with Gasteiger partial charge >= 0.3 is 11.9 Å². The fourth-order valence-corrected chi connectivity index (χ4v) is 2.29. The lowest BCUT2D eigenvalue weighted by atomic mass is 9.79. The Morgan fingerprint density at radius 1 is 1.22 bits per heavy atom. The Balaban J connectivity index is 2.78. The van der Waals surface area contributed by atoms with E-state index >= 15 is 0 Å². The SMILES string of the molecule is CCOC(=O)C(C(=O)OCC)[C@H]1CCCC(=O)C1. The van der Waals surface area contributed by atoms with Crippen LogP contribution in [-0.4, -0.2) is 30.9 Å². The maximum absolute atomic E-state index is 11.8. The molecule has 18 heavy (non-hydrogen) atoms. The first-order valence-electron chi connectivity index (χ1n) is 6.45. The van der Waals surface area contributed by atoms with Crippen molar-refractivity contribution < 1.29 is 23.9 Å². The smallest absolute Gasteiger partial charge is 0.320 e. The molecule has 1 rings (SSSR count). The molecule has 0 aromatic heterocycles. The van der Waals surface area contributed by atoms with Crippen LogP contribution in [0.15, 0.2) is 0 Å². The summed E-state index contributed by atoms with van der Waals surface area (Å²) in [7, 11) is 0. The van der Waals surface area contributed by atoms with Crippen molar-refractivity contribution in [2.24, 2.45) is 11.8 Å². The van der Waals surface area contributed by atoms with E-state index in [1.807, 2.05) is 0 Å². The summed E-state index contributed by atoms with van der Waals surface area (Å²) in [4.78, 5) is 35.1. The molecule has 0 N–H and O–H groups in total. The summed E-state index contributed by atoms with van der Waals surface area (Å²) in [5.74, 6) is -2.27. The summed E-state index contributed by atoms with van der Waals surface area (Å²) in [5, 5.41) is 0. The van der Waals surface area contributed by atoms with Crippen LogP contribution in [0.3, 0.4) is 0 Å². The maximum atomic E-state index is 11.8. The van der Waals surface area contributed by atoms with E-state index in [1.54, 1.807) is 13.8 Å². The molecule has 0 heterocycles. The number of carbonyl (C=O) groups is 3. The van der Waals surface area contributed by atoms with Gasteiger partial charge in [-0.25, -0.2) is 0 Å². The lowest BCUT2D eigenvalue weighted by molar-refractivity contribution is -0.165. The molecule has 1 aliphatic rings. The second-order valence-electron chi connectivity index (χ2n) is 4.38. The fourth-order valence-electron chi connectivity index (χ4n) is 2.29. The van der Waals surface area contributed by atoms with Crippen LogP contribution in [0, 0.1) is 11.8 Å². The van der Waals surface area contributed by atoms with Crippen LogP contribution in [0.25, 0.3) is 0 Å². The van der Waals surface area contributed by atoms with Crippen LogP contribution in [0.4, 0.5) is 0 Å². The third-order valence-electron chi connectivity index (χ3n) is 3.07. The number of ether oxygens (including phenoxy) is 2. The Kier molecular flexibility index (Phi) is 5.82. The van der Waals surface area contributed by atoms with Gasteiger partial charge in [-0.05, 0) is 32.6 Å². The Bertz CT molecular complexity index is 305. The molecule has 5 heteroatoms. The van der Waals surface area contributed by atoms with Gasteiger partial charge in [-0.15, -0.1) is 0 Å². The number of Topliss-reactive ketones (excluding diaryl/α,β-unsaturated/α-hetero) is 1. The van der Waals surface area contributed by atoms with Gasteiger partial charge in [0.05, 0.1) is 13.2 Å². The molecule has 0 unspecified atom stereocenters. The van der Waals surface area contributed by atoms with E-state index in [2.05, 4.69) is 0 Å². The highest BCUT2D eigenvalue weighted by Gasteiger charge is 2.39. The van der Waals surface area contributed by atoms with Crippen molar-refractivity contribution in [2.75, 3.05) is 13.2 Å². The molecule has 0 radical (unpaired) electrons. The Labute approximate surface area is 107 Å². The number of hydrogen-bond donors (Lipinski definition) is 0. The summed E-state index contributed by atoms with van der Waals surface area (Å²) in [6, 6.07) is 0. The van der Waals surface area contributed by atoms with E-state index in [0.717, 1.165) is 6.42 Å². The minimum Gasteiger partial charge on any atom is -0.465 e. The summed E-state index contributed by atoms with van der Waals surface area (Å²) in [5.41, 5.74) is 0. The van der Waals surface area contributed by atoms with E-state index in [1.165, 1.54) is 0 Å². The van der Waals surface area contributed by atoms with Crippen molar-refractivity contribution in [1.82, 2.24) is 0 Å². The summed E-state index contributed by atoms with van der Waals surface area (Å²) < 4.78 is 9.82.